The van der Waals surface area contributed by atoms with Gasteiger partial charge in [0.15, 0.2) is 5.13 Å². The fraction of sp³-hybridized carbons (Fsp3) is 0.561. The maximum atomic E-state index is 14.8. The van der Waals surface area contributed by atoms with Crippen LogP contribution in [0.1, 0.15) is 84.5 Å². The highest BCUT2D eigenvalue weighted by molar-refractivity contribution is 7.95. The maximum absolute atomic E-state index is 14.8. The van der Waals surface area contributed by atoms with Crippen LogP contribution in [0, 0.1) is 5.92 Å². The van der Waals surface area contributed by atoms with E-state index in [0.717, 1.165) is 37.2 Å². The molecular formula is C41H50Cl3N7O9S2. The molecule has 0 unspecified atom stereocenters. The van der Waals surface area contributed by atoms with Crippen LogP contribution in [0.3, 0.4) is 0 Å². The lowest BCUT2D eigenvalue weighted by atomic mass is 10.0. The van der Waals surface area contributed by atoms with Crippen molar-refractivity contribution >= 4 is 96.0 Å². The number of alkyl halides is 3. The lowest BCUT2D eigenvalue weighted by Crippen LogP contribution is -2.58. The van der Waals surface area contributed by atoms with E-state index >= 15 is 0 Å². The van der Waals surface area contributed by atoms with Crippen molar-refractivity contribution in [2.75, 3.05) is 19.0 Å². The highest BCUT2D eigenvalue weighted by Gasteiger charge is 2.62. The molecule has 21 heteroatoms. The van der Waals surface area contributed by atoms with Crippen LogP contribution in [-0.4, -0.2) is 99.8 Å². The van der Waals surface area contributed by atoms with Crippen molar-refractivity contribution in [3.63, 3.8) is 0 Å². The molecule has 16 nitrogen and oxygen atoms in total. The predicted octanol–water partition coefficient (Wildman–Crippen LogP) is 6.74. The summed E-state index contributed by atoms with van der Waals surface area (Å²) in [6.07, 6.45) is 8.22. The summed E-state index contributed by atoms with van der Waals surface area (Å²) in [6.45, 7) is 3.95. The van der Waals surface area contributed by atoms with Crippen LogP contribution in [0.5, 0.6) is 11.5 Å². The van der Waals surface area contributed by atoms with Gasteiger partial charge in [0.25, 0.3) is 15.9 Å². The van der Waals surface area contributed by atoms with Gasteiger partial charge < -0.3 is 35.1 Å². The first-order chi connectivity index (χ1) is 29.5. The van der Waals surface area contributed by atoms with Crippen molar-refractivity contribution in [3.8, 4) is 22.9 Å². The van der Waals surface area contributed by atoms with Gasteiger partial charge in [-0.2, -0.15) is 0 Å². The number of aromatic nitrogens is 2. The van der Waals surface area contributed by atoms with E-state index in [1.54, 1.807) is 31.4 Å². The highest BCUT2D eigenvalue weighted by atomic mass is 35.6. The van der Waals surface area contributed by atoms with Gasteiger partial charge in [-0.1, -0.05) is 59.8 Å². The van der Waals surface area contributed by atoms with E-state index in [-0.39, 0.29) is 38.0 Å². The third-order valence-corrected chi connectivity index (χ3v) is 15.2. The minimum Gasteiger partial charge on any atom is -0.497 e. The molecule has 3 fully saturated rings. The second-order valence-electron chi connectivity index (χ2n) is 16.4. The second kappa shape index (κ2) is 18.9. The number of sulfonamides is 1. The number of halogens is 3. The smallest absolute Gasteiger partial charge is 0.408 e. The van der Waals surface area contributed by atoms with Crippen molar-refractivity contribution in [1.29, 1.82) is 0 Å². The number of carbonyl (C=O) groups is 4. The fourth-order valence-electron chi connectivity index (χ4n) is 8.19. The Morgan fingerprint density at radius 1 is 1.02 bits per heavy atom. The van der Waals surface area contributed by atoms with Gasteiger partial charge in [0.05, 0.1) is 24.9 Å². The maximum Gasteiger partial charge on any atom is 0.408 e. The Morgan fingerprint density at radius 2 is 1.77 bits per heavy atom. The minimum absolute atomic E-state index is 0.0318. The van der Waals surface area contributed by atoms with Gasteiger partial charge in [0, 0.05) is 41.3 Å². The summed E-state index contributed by atoms with van der Waals surface area (Å²) in [4.78, 5) is 67.4. The summed E-state index contributed by atoms with van der Waals surface area (Å²) in [5, 5.41) is 12.1. The third-order valence-electron chi connectivity index (χ3n) is 11.5. The van der Waals surface area contributed by atoms with Gasteiger partial charge in [-0.25, -0.2) is 27.9 Å². The zero-order valence-electron chi connectivity index (χ0n) is 34.5. The molecule has 2 aromatic heterocycles. The predicted molar refractivity (Wildman–Crippen MR) is 237 cm³/mol. The van der Waals surface area contributed by atoms with Gasteiger partial charge in [-0.05, 0) is 77.3 Å². The van der Waals surface area contributed by atoms with Crippen LogP contribution in [0.25, 0.3) is 22.3 Å². The van der Waals surface area contributed by atoms with Crippen LogP contribution < -0.4 is 30.1 Å². The van der Waals surface area contributed by atoms with Gasteiger partial charge in [0.2, 0.25) is 11.8 Å². The van der Waals surface area contributed by atoms with Gasteiger partial charge in [0.1, 0.15) is 47.0 Å². The quantitative estimate of drug-likeness (QED) is 0.123. The van der Waals surface area contributed by atoms with Crippen LogP contribution >= 0.6 is 46.1 Å². The van der Waals surface area contributed by atoms with E-state index < -0.39 is 66.6 Å². The largest absolute Gasteiger partial charge is 0.497 e. The molecule has 62 heavy (non-hydrogen) atoms. The van der Waals surface area contributed by atoms with E-state index in [4.69, 9.17) is 59.0 Å². The molecule has 5 atom stereocenters. The Labute approximate surface area is 379 Å². The Bertz CT molecular complexity index is 2320. The van der Waals surface area contributed by atoms with E-state index in [9.17, 15) is 27.6 Å². The first-order valence-electron chi connectivity index (χ1n) is 20.7. The molecule has 0 bridgehead atoms. The molecule has 1 aromatic carbocycles. The topological polar surface area (TPSA) is 207 Å². The number of nitrogens with zero attached hydrogens (tertiary/aromatic N) is 3. The number of benzene rings is 1. The molecule has 0 spiro atoms. The molecule has 2 aliphatic heterocycles. The molecule has 4 aliphatic rings. The standard InChI is InChI=1S/C41H50Cl3N7O9S2/c1-23(2)45-38-47-32(22-61-38)31-19-34(28-16-15-26(58-3)17-30(28)46-31)59-27-18-33-35(52)49-40(37(54)50-62(56,57)41(42,43)44)20-24(40)11-7-5-4-6-8-14-29(36(53)51(33)21-27)48-39(55)60-25-12-9-10-13-25/h7,11,15-17,19,22-25,27,29,33H,4-6,8-10,12-14,18,20-21H2,1-3H3,(H,45,47)(H,48,55)(H,49,52)(H,50,54)/b11-7-/t24-,27-,29+,33+,40-/m1/s1. The molecule has 336 valence electrons. The molecule has 2 saturated carbocycles. The molecular weight excluding hydrogens is 905 g/mol. The molecule has 7 rings (SSSR count). The molecule has 0 radical (unpaired) electrons. The number of nitrogens with one attached hydrogen (secondary N) is 4. The number of hydrogen-bond acceptors (Lipinski definition) is 13. The lowest BCUT2D eigenvalue weighted by molar-refractivity contribution is -0.141. The van der Waals surface area contributed by atoms with Crippen LogP contribution in [0.4, 0.5) is 9.93 Å². The number of rotatable bonds is 10. The molecule has 2 aliphatic carbocycles. The Balaban J connectivity index is 1.23. The van der Waals surface area contributed by atoms with Crippen molar-refractivity contribution in [2.24, 2.45) is 5.92 Å². The summed E-state index contributed by atoms with van der Waals surface area (Å²) in [5.41, 5.74) is -0.0566. The summed E-state index contributed by atoms with van der Waals surface area (Å²) >= 11 is 18.5. The number of alkyl carbamates (subject to hydrolysis) is 1. The summed E-state index contributed by atoms with van der Waals surface area (Å²) in [5.74, 6) is -1.97. The number of fused-ring (bicyclic) bond motifs is 3. The van der Waals surface area contributed by atoms with Gasteiger partial charge in [-0.15, -0.1) is 11.3 Å². The van der Waals surface area contributed by atoms with Gasteiger partial charge >= 0.3 is 9.22 Å². The van der Waals surface area contributed by atoms with E-state index in [0.29, 0.717) is 53.1 Å². The van der Waals surface area contributed by atoms with Crippen LogP contribution in [0.15, 0.2) is 41.8 Å². The zero-order chi connectivity index (χ0) is 44.4. The molecule has 4 heterocycles. The summed E-state index contributed by atoms with van der Waals surface area (Å²) < 4.78 is 42.5. The second-order valence-corrected chi connectivity index (χ2v) is 22.1. The average Bonchev–Trinajstić information content (AvgIpc) is 3.64. The SMILES string of the molecule is COc1ccc2c(O[C@@H]3C[C@H]4C(=O)N[C@]5(C(=O)NS(=O)(=O)C(Cl)(Cl)Cl)C[C@H]5/C=C\CCCCC[C@H](NC(=O)OC5CCCC5)C(=O)N4C3)cc(-c3csc(NC(C)C)n3)nc2c1. The number of carbonyl (C=O) groups excluding carboxylic acids is 4. The average molecular weight is 955 g/mol. The number of anilines is 1. The highest BCUT2D eigenvalue weighted by Crippen LogP contribution is 2.46. The van der Waals surface area contributed by atoms with Crippen molar-refractivity contribution in [2.45, 2.75) is 123 Å². The van der Waals surface area contributed by atoms with Crippen LogP contribution in [0.2, 0.25) is 0 Å². The number of ether oxygens (including phenoxy) is 3. The summed E-state index contributed by atoms with van der Waals surface area (Å²) in [7, 11) is -3.27. The molecule has 4 amide bonds. The Morgan fingerprint density at radius 3 is 2.50 bits per heavy atom. The van der Waals surface area contributed by atoms with Crippen molar-refractivity contribution in [3.05, 3.63) is 41.8 Å². The Hall–Kier alpha value is -4.10. The summed E-state index contributed by atoms with van der Waals surface area (Å²) in [6, 6.07) is 5.01. The van der Waals surface area contributed by atoms with Crippen LogP contribution in [-0.2, 0) is 29.1 Å². The molecule has 1 saturated heterocycles. The lowest BCUT2D eigenvalue weighted by Gasteiger charge is -2.30. The van der Waals surface area contributed by atoms with E-state index in [1.807, 2.05) is 36.1 Å². The minimum atomic E-state index is -4.82. The van der Waals surface area contributed by atoms with E-state index in [2.05, 4.69) is 16.0 Å². The van der Waals surface area contributed by atoms with Crippen molar-refractivity contribution < 1.29 is 41.8 Å². The third kappa shape index (κ3) is 10.5. The first-order valence-corrected chi connectivity index (χ1v) is 24.2. The number of hydrogen-bond donors (Lipinski definition) is 4. The number of thiazole rings is 1. The molecule has 4 N–H and O–H groups in total. The first kappa shape index (κ1) is 45.9. The number of methoxy groups -OCH3 is 1. The zero-order valence-corrected chi connectivity index (χ0v) is 38.4. The fourth-order valence-corrected chi connectivity index (χ4v) is 9.93. The number of allylic oxidation sites excluding steroid dienone is 1. The normalized spacial score (nSPS) is 25.5. The number of pyridine rings is 1. The molecule has 3 aromatic rings. The van der Waals surface area contributed by atoms with E-state index in [1.165, 1.54) is 16.2 Å². The monoisotopic (exact) mass is 953 g/mol. The van der Waals surface area contributed by atoms with Gasteiger partial charge in [-0.3, -0.25) is 14.4 Å². The number of amides is 4. The van der Waals surface area contributed by atoms with Crippen molar-refractivity contribution in [1.82, 2.24) is 30.2 Å². The Kier molecular flexibility index (Phi) is 14.0.